The molecule has 108 valence electrons. The third kappa shape index (κ3) is 2.49. The summed E-state index contributed by atoms with van der Waals surface area (Å²) in [4.78, 5) is 4.48. The molecule has 0 bridgehead atoms. The first kappa shape index (κ1) is 14.0. The Balaban J connectivity index is 2.11. The van der Waals surface area contributed by atoms with Crippen molar-refractivity contribution in [3.8, 4) is 0 Å². The van der Waals surface area contributed by atoms with Crippen LogP contribution in [0.15, 0.2) is 18.2 Å². The lowest BCUT2D eigenvalue weighted by Crippen LogP contribution is -2.23. The van der Waals surface area contributed by atoms with Gasteiger partial charge in [0, 0.05) is 34.4 Å². The van der Waals surface area contributed by atoms with Crippen molar-refractivity contribution in [2.45, 2.75) is 31.2 Å². The Morgan fingerprint density at radius 3 is 2.80 bits per heavy atom. The summed E-state index contributed by atoms with van der Waals surface area (Å²) < 4.78 is 27.0. The van der Waals surface area contributed by atoms with E-state index in [1.807, 2.05) is 6.92 Å². The van der Waals surface area contributed by atoms with Crippen LogP contribution < -0.4 is 0 Å². The number of imidazole rings is 1. The maximum Gasteiger partial charge on any atom is 0.127 e. The average Bonchev–Trinajstić information content (AvgIpc) is 2.78. The van der Waals surface area contributed by atoms with E-state index in [2.05, 4.69) is 9.55 Å². The molecule has 1 saturated heterocycles. The largest absolute Gasteiger partial charge is 0.324 e. The molecule has 0 amide bonds. The van der Waals surface area contributed by atoms with Crippen LogP contribution in [0.25, 0.3) is 11.0 Å². The van der Waals surface area contributed by atoms with Gasteiger partial charge in [0.25, 0.3) is 0 Å². The average molecular weight is 315 g/mol. The Labute approximate surface area is 124 Å². The van der Waals surface area contributed by atoms with Gasteiger partial charge in [-0.05, 0) is 31.9 Å². The number of halogens is 2. The van der Waals surface area contributed by atoms with Crippen LogP contribution in [0.2, 0.25) is 0 Å². The zero-order valence-corrected chi connectivity index (χ0v) is 12.8. The molecule has 1 atom stereocenters. The van der Waals surface area contributed by atoms with Crippen molar-refractivity contribution in [1.82, 2.24) is 9.55 Å². The second kappa shape index (κ2) is 5.45. The van der Waals surface area contributed by atoms with Crippen LogP contribution in [0.3, 0.4) is 0 Å². The molecule has 3 rings (SSSR count). The molecule has 6 heteroatoms. The summed E-state index contributed by atoms with van der Waals surface area (Å²) in [5.74, 6) is 1.90. The summed E-state index contributed by atoms with van der Waals surface area (Å²) in [7, 11) is -0.704. The Morgan fingerprint density at radius 1 is 1.45 bits per heavy atom. The van der Waals surface area contributed by atoms with E-state index in [-0.39, 0.29) is 17.2 Å². The monoisotopic (exact) mass is 314 g/mol. The Bertz CT molecular complexity index is 660. The Hall–Kier alpha value is -0.940. The molecule has 2 heterocycles. The maximum atomic E-state index is 13.3. The topological polar surface area (TPSA) is 34.9 Å². The van der Waals surface area contributed by atoms with Crippen molar-refractivity contribution in [2.24, 2.45) is 0 Å². The molecule has 1 aliphatic rings. The minimum absolute atomic E-state index is 0.238. The SMILES string of the molecule is CC(Cl)c1nc2cc(F)ccc2n1C1CCS(=O)CC1. The lowest BCUT2D eigenvalue weighted by molar-refractivity contribution is 0.457. The van der Waals surface area contributed by atoms with Crippen LogP contribution in [-0.4, -0.2) is 25.3 Å². The van der Waals surface area contributed by atoms with Crippen molar-refractivity contribution < 1.29 is 8.60 Å². The van der Waals surface area contributed by atoms with E-state index in [0.717, 1.165) is 24.2 Å². The number of nitrogens with zero attached hydrogens (tertiary/aromatic N) is 2. The van der Waals surface area contributed by atoms with Crippen LogP contribution in [0.4, 0.5) is 4.39 Å². The van der Waals surface area contributed by atoms with Crippen molar-refractivity contribution >= 4 is 33.4 Å². The smallest absolute Gasteiger partial charge is 0.127 e. The lowest BCUT2D eigenvalue weighted by atomic mass is 10.1. The van der Waals surface area contributed by atoms with Crippen LogP contribution >= 0.6 is 11.6 Å². The molecule has 1 aliphatic heterocycles. The first-order valence-electron chi connectivity index (χ1n) is 6.72. The predicted octanol–water partition coefficient (Wildman–Crippen LogP) is 3.56. The van der Waals surface area contributed by atoms with Gasteiger partial charge in [-0.3, -0.25) is 4.21 Å². The molecule has 0 saturated carbocycles. The van der Waals surface area contributed by atoms with Gasteiger partial charge in [0.05, 0.1) is 16.4 Å². The standard InChI is InChI=1S/C14H16ClFN2OS/c1-9(15)14-17-12-8-10(16)2-3-13(12)18(14)11-4-6-20(19)7-5-11/h2-3,8-9,11H,4-7H2,1H3. The van der Waals surface area contributed by atoms with Gasteiger partial charge in [-0.1, -0.05) is 0 Å². The van der Waals surface area contributed by atoms with Crippen LogP contribution in [0.1, 0.15) is 37.0 Å². The number of alkyl halides is 1. The quantitative estimate of drug-likeness (QED) is 0.794. The van der Waals surface area contributed by atoms with Crippen molar-refractivity contribution in [3.05, 3.63) is 29.8 Å². The van der Waals surface area contributed by atoms with Crippen molar-refractivity contribution in [2.75, 3.05) is 11.5 Å². The van der Waals surface area contributed by atoms with Gasteiger partial charge in [-0.25, -0.2) is 9.37 Å². The second-order valence-corrected chi connectivity index (χ2v) is 7.52. The minimum Gasteiger partial charge on any atom is -0.324 e. The summed E-state index contributed by atoms with van der Waals surface area (Å²) in [6.07, 6.45) is 1.71. The van der Waals surface area contributed by atoms with E-state index in [4.69, 9.17) is 11.6 Å². The molecule has 20 heavy (non-hydrogen) atoms. The molecule has 1 fully saturated rings. The molecule has 0 N–H and O–H groups in total. The second-order valence-electron chi connectivity index (χ2n) is 5.17. The highest BCUT2D eigenvalue weighted by Gasteiger charge is 2.25. The molecule has 2 aromatic rings. The first-order chi connectivity index (χ1) is 9.56. The zero-order valence-electron chi connectivity index (χ0n) is 11.2. The summed E-state index contributed by atoms with van der Waals surface area (Å²) >= 11 is 6.23. The fraction of sp³-hybridized carbons (Fsp3) is 0.500. The highest BCUT2D eigenvalue weighted by Crippen LogP contribution is 2.33. The molecule has 1 aromatic carbocycles. The molecular weight excluding hydrogens is 299 g/mol. The number of rotatable bonds is 2. The lowest BCUT2D eigenvalue weighted by Gasteiger charge is -2.25. The van der Waals surface area contributed by atoms with Gasteiger partial charge in [-0.2, -0.15) is 0 Å². The molecular formula is C14H16ClFN2OS. The number of aromatic nitrogens is 2. The van der Waals surface area contributed by atoms with E-state index in [1.165, 1.54) is 12.1 Å². The van der Waals surface area contributed by atoms with E-state index in [0.29, 0.717) is 17.0 Å². The molecule has 3 nitrogen and oxygen atoms in total. The third-order valence-electron chi connectivity index (χ3n) is 3.76. The van der Waals surface area contributed by atoms with E-state index >= 15 is 0 Å². The van der Waals surface area contributed by atoms with Crippen LogP contribution in [0.5, 0.6) is 0 Å². The summed E-state index contributed by atoms with van der Waals surface area (Å²) in [5, 5.41) is -0.238. The number of benzene rings is 1. The highest BCUT2D eigenvalue weighted by molar-refractivity contribution is 7.85. The van der Waals surface area contributed by atoms with Gasteiger partial charge < -0.3 is 4.57 Å². The Kier molecular flexibility index (Phi) is 3.82. The number of hydrogen-bond donors (Lipinski definition) is 0. The summed E-state index contributed by atoms with van der Waals surface area (Å²) in [6.45, 7) is 1.87. The van der Waals surface area contributed by atoms with Crippen molar-refractivity contribution in [3.63, 3.8) is 0 Å². The van der Waals surface area contributed by atoms with E-state index in [1.54, 1.807) is 6.07 Å². The maximum absolute atomic E-state index is 13.3. The molecule has 1 unspecified atom stereocenters. The molecule has 0 radical (unpaired) electrons. The Morgan fingerprint density at radius 2 is 2.15 bits per heavy atom. The minimum atomic E-state index is -0.704. The summed E-state index contributed by atoms with van der Waals surface area (Å²) in [5.41, 5.74) is 1.55. The van der Waals surface area contributed by atoms with Gasteiger partial charge in [-0.15, -0.1) is 11.6 Å². The normalized spacial score (nSPS) is 24.9. The van der Waals surface area contributed by atoms with E-state index < -0.39 is 10.8 Å². The fourth-order valence-electron chi connectivity index (χ4n) is 2.79. The van der Waals surface area contributed by atoms with Gasteiger partial charge in [0.15, 0.2) is 0 Å². The van der Waals surface area contributed by atoms with Gasteiger partial charge >= 0.3 is 0 Å². The molecule has 1 aromatic heterocycles. The number of hydrogen-bond acceptors (Lipinski definition) is 2. The van der Waals surface area contributed by atoms with E-state index in [9.17, 15) is 8.60 Å². The molecule has 0 aliphatic carbocycles. The molecule has 0 spiro atoms. The van der Waals surface area contributed by atoms with Gasteiger partial charge in [0.2, 0.25) is 0 Å². The van der Waals surface area contributed by atoms with Crippen LogP contribution in [-0.2, 0) is 10.8 Å². The zero-order chi connectivity index (χ0) is 14.3. The van der Waals surface area contributed by atoms with Crippen molar-refractivity contribution in [1.29, 1.82) is 0 Å². The third-order valence-corrected chi connectivity index (χ3v) is 5.33. The van der Waals surface area contributed by atoms with Crippen LogP contribution in [0, 0.1) is 5.82 Å². The highest BCUT2D eigenvalue weighted by atomic mass is 35.5. The number of fused-ring (bicyclic) bond motifs is 1. The predicted molar refractivity (Wildman–Crippen MR) is 80.1 cm³/mol. The fourth-order valence-corrected chi connectivity index (χ4v) is 4.22. The summed E-state index contributed by atoms with van der Waals surface area (Å²) in [6, 6.07) is 4.89. The van der Waals surface area contributed by atoms with Gasteiger partial charge in [0.1, 0.15) is 11.6 Å². The first-order valence-corrected chi connectivity index (χ1v) is 8.65.